The number of thiazole rings is 1. The van der Waals surface area contributed by atoms with Gasteiger partial charge in [-0.3, -0.25) is 0 Å². The fourth-order valence-corrected chi connectivity index (χ4v) is 3.33. The minimum Gasteiger partial charge on any atom is -0.381 e. The third-order valence-corrected chi connectivity index (χ3v) is 4.25. The SMILES string of the molecule is CC(C)CNCC1(Cc2nccs2)CCCOC1. The standard InChI is InChI=1S/C14H24N2OS/c1-12(2)9-15-10-14(4-3-6-17-11-14)8-13-16-5-7-18-13/h5,7,12,15H,3-4,6,8-11H2,1-2H3. The van der Waals surface area contributed by atoms with Gasteiger partial charge in [-0.2, -0.15) is 0 Å². The zero-order valence-electron chi connectivity index (χ0n) is 11.4. The molecule has 3 nitrogen and oxygen atoms in total. The Bertz CT molecular complexity index is 332. The Hall–Kier alpha value is -0.450. The molecule has 1 aromatic rings. The Kier molecular flexibility index (Phi) is 5.15. The third-order valence-electron chi connectivity index (χ3n) is 3.47. The summed E-state index contributed by atoms with van der Waals surface area (Å²) in [6.45, 7) is 8.42. The maximum absolute atomic E-state index is 5.73. The van der Waals surface area contributed by atoms with Crippen LogP contribution < -0.4 is 5.32 Å². The molecule has 1 atom stereocenters. The lowest BCUT2D eigenvalue weighted by Crippen LogP contribution is -2.43. The first-order valence-corrected chi connectivity index (χ1v) is 7.75. The summed E-state index contributed by atoms with van der Waals surface area (Å²) in [4.78, 5) is 4.43. The van der Waals surface area contributed by atoms with Gasteiger partial charge in [0.2, 0.25) is 0 Å². The van der Waals surface area contributed by atoms with Crippen molar-refractivity contribution in [2.75, 3.05) is 26.3 Å². The highest BCUT2D eigenvalue weighted by molar-refractivity contribution is 7.09. The van der Waals surface area contributed by atoms with Gasteiger partial charge < -0.3 is 10.1 Å². The molecule has 1 fully saturated rings. The molecule has 2 rings (SSSR count). The van der Waals surface area contributed by atoms with Gasteiger partial charge in [-0.25, -0.2) is 4.98 Å². The highest BCUT2D eigenvalue weighted by Crippen LogP contribution is 2.32. The first-order chi connectivity index (χ1) is 8.70. The van der Waals surface area contributed by atoms with Gasteiger partial charge in [0.05, 0.1) is 11.6 Å². The van der Waals surface area contributed by atoms with E-state index in [4.69, 9.17) is 4.74 Å². The lowest BCUT2D eigenvalue weighted by molar-refractivity contribution is -0.00741. The Morgan fingerprint density at radius 2 is 2.44 bits per heavy atom. The maximum atomic E-state index is 5.73. The highest BCUT2D eigenvalue weighted by atomic mass is 32.1. The molecule has 0 aromatic carbocycles. The zero-order chi connectivity index (χ0) is 12.8. The smallest absolute Gasteiger partial charge is 0.0931 e. The third kappa shape index (κ3) is 4.04. The van der Waals surface area contributed by atoms with E-state index in [9.17, 15) is 0 Å². The van der Waals surface area contributed by atoms with Gasteiger partial charge in [0.25, 0.3) is 0 Å². The lowest BCUT2D eigenvalue weighted by Gasteiger charge is -2.37. The molecule has 0 amide bonds. The Labute approximate surface area is 114 Å². The van der Waals surface area contributed by atoms with Crippen LogP contribution in [0.3, 0.4) is 0 Å². The molecular formula is C14H24N2OS. The van der Waals surface area contributed by atoms with Crippen LogP contribution in [0.25, 0.3) is 0 Å². The van der Waals surface area contributed by atoms with E-state index in [0.717, 1.165) is 32.7 Å². The second kappa shape index (κ2) is 6.64. The minimum absolute atomic E-state index is 0.255. The molecule has 18 heavy (non-hydrogen) atoms. The van der Waals surface area contributed by atoms with Crippen LogP contribution in [0.15, 0.2) is 11.6 Å². The van der Waals surface area contributed by atoms with Crippen LogP contribution in [0.4, 0.5) is 0 Å². The second-order valence-corrected chi connectivity index (χ2v) is 6.76. The molecule has 102 valence electrons. The van der Waals surface area contributed by atoms with Crippen molar-refractivity contribution in [1.82, 2.24) is 10.3 Å². The summed E-state index contributed by atoms with van der Waals surface area (Å²) < 4.78 is 5.73. The van der Waals surface area contributed by atoms with Crippen molar-refractivity contribution in [3.8, 4) is 0 Å². The predicted molar refractivity (Wildman–Crippen MR) is 76.0 cm³/mol. The Morgan fingerprint density at radius 1 is 1.56 bits per heavy atom. The number of nitrogens with zero attached hydrogens (tertiary/aromatic N) is 1. The van der Waals surface area contributed by atoms with E-state index < -0.39 is 0 Å². The van der Waals surface area contributed by atoms with Crippen LogP contribution >= 0.6 is 11.3 Å². The monoisotopic (exact) mass is 268 g/mol. The minimum atomic E-state index is 0.255. The van der Waals surface area contributed by atoms with Gasteiger partial charge in [0.15, 0.2) is 0 Å². The molecule has 0 bridgehead atoms. The summed E-state index contributed by atoms with van der Waals surface area (Å²) in [5.41, 5.74) is 0.255. The molecule has 0 spiro atoms. The quantitative estimate of drug-likeness (QED) is 0.861. The van der Waals surface area contributed by atoms with Gasteiger partial charge in [-0.15, -0.1) is 11.3 Å². The van der Waals surface area contributed by atoms with Crippen molar-refractivity contribution >= 4 is 11.3 Å². The first kappa shape index (κ1) is 14.0. The van der Waals surface area contributed by atoms with E-state index in [0.29, 0.717) is 5.92 Å². The van der Waals surface area contributed by atoms with Crippen LogP contribution in [0.2, 0.25) is 0 Å². The number of nitrogens with one attached hydrogen (secondary N) is 1. The number of aromatic nitrogens is 1. The molecule has 2 heterocycles. The normalized spacial score (nSPS) is 24.6. The summed E-state index contributed by atoms with van der Waals surface area (Å²) in [6.07, 6.45) is 5.38. The summed E-state index contributed by atoms with van der Waals surface area (Å²) in [6, 6.07) is 0. The molecule has 0 aliphatic carbocycles. The van der Waals surface area contributed by atoms with Gasteiger partial charge in [0.1, 0.15) is 0 Å². The Balaban J connectivity index is 1.94. The lowest BCUT2D eigenvalue weighted by atomic mass is 9.79. The molecule has 0 saturated carbocycles. The highest BCUT2D eigenvalue weighted by Gasteiger charge is 2.33. The van der Waals surface area contributed by atoms with E-state index >= 15 is 0 Å². The fourth-order valence-electron chi connectivity index (χ4n) is 2.54. The molecule has 1 unspecified atom stereocenters. The van der Waals surface area contributed by atoms with Crippen LogP contribution in [-0.2, 0) is 11.2 Å². The fraction of sp³-hybridized carbons (Fsp3) is 0.786. The van der Waals surface area contributed by atoms with Gasteiger partial charge in [0, 0.05) is 36.6 Å². The molecular weight excluding hydrogens is 244 g/mol. The summed E-state index contributed by atoms with van der Waals surface area (Å²) in [5.74, 6) is 0.700. The molecule has 1 aliphatic heterocycles. The molecule has 1 aliphatic rings. The number of ether oxygens (including phenoxy) is 1. The van der Waals surface area contributed by atoms with Gasteiger partial charge in [-0.1, -0.05) is 13.8 Å². The molecule has 0 radical (unpaired) electrons. The molecule has 4 heteroatoms. The molecule has 1 N–H and O–H groups in total. The van der Waals surface area contributed by atoms with E-state index in [-0.39, 0.29) is 5.41 Å². The molecule has 1 saturated heterocycles. The van der Waals surface area contributed by atoms with Crippen molar-refractivity contribution in [3.05, 3.63) is 16.6 Å². The summed E-state index contributed by atoms with van der Waals surface area (Å²) in [7, 11) is 0. The van der Waals surface area contributed by atoms with Gasteiger partial charge >= 0.3 is 0 Å². The van der Waals surface area contributed by atoms with Crippen LogP contribution in [0, 0.1) is 11.3 Å². The van der Waals surface area contributed by atoms with E-state index in [1.165, 1.54) is 17.8 Å². The van der Waals surface area contributed by atoms with Crippen molar-refractivity contribution < 1.29 is 4.74 Å². The van der Waals surface area contributed by atoms with Gasteiger partial charge in [-0.05, 0) is 25.3 Å². The van der Waals surface area contributed by atoms with Crippen molar-refractivity contribution in [2.45, 2.75) is 33.1 Å². The van der Waals surface area contributed by atoms with Crippen LogP contribution in [-0.4, -0.2) is 31.3 Å². The van der Waals surface area contributed by atoms with Crippen molar-refractivity contribution in [3.63, 3.8) is 0 Å². The van der Waals surface area contributed by atoms with E-state index in [1.807, 2.05) is 6.20 Å². The topological polar surface area (TPSA) is 34.2 Å². The summed E-state index contributed by atoms with van der Waals surface area (Å²) >= 11 is 1.76. The number of hydrogen-bond acceptors (Lipinski definition) is 4. The van der Waals surface area contributed by atoms with Crippen molar-refractivity contribution in [2.24, 2.45) is 11.3 Å². The van der Waals surface area contributed by atoms with Crippen molar-refractivity contribution in [1.29, 1.82) is 0 Å². The average molecular weight is 268 g/mol. The van der Waals surface area contributed by atoms with Crippen LogP contribution in [0.1, 0.15) is 31.7 Å². The second-order valence-electron chi connectivity index (χ2n) is 5.78. The number of hydrogen-bond donors (Lipinski definition) is 1. The van der Waals surface area contributed by atoms with E-state index in [1.54, 1.807) is 11.3 Å². The van der Waals surface area contributed by atoms with Crippen LogP contribution in [0.5, 0.6) is 0 Å². The predicted octanol–water partition coefficient (Wildman–Crippen LogP) is 2.73. The number of rotatable bonds is 6. The average Bonchev–Trinajstić information content (AvgIpc) is 2.82. The first-order valence-electron chi connectivity index (χ1n) is 6.87. The largest absolute Gasteiger partial charge is 0.381 e. The maximum Gasteiger partial charge on any atom is 0.0931 e. The Morgan fingerprint density at radius 3 is 3.06 bits per heavy atom. The zero-order valence-corrected chi connectivity index (χ0v) is 12.3. The summed E-state index contributed by atoms with van der Waals surface area (Å²) in [5, 5.41) is 6.91. The molecule has 1 aromatic heterocycles. The van der Waals surface area contributed by atoms with E-state index in [2.05, 4.69) is 29.5 Å².